The van der Waals surface area contributed by atoms with Crippen LogP contribution in [0.15, 0.2) is 12.3 Å². The van der Waals surface area contributed by atoms with Gasteiger partial charge in [0.05, 0.1) is 0 Å². The Balaban J connectivity index is 2.59. The van der Waals surface area contributed by atoms with Crippen LogP contribution in [0.25, 0.3) is 0 Å². The van der Waals surface area contributed by atoms with E-state index in [-0.39, 0.29) is 0 Å². The van der Waals surface area contributed by atoms with E-state index in [0.29, 0.717) is 5.95 Å². The molecule has 96 valence electrons. The van der Waals surface area contributed by atoms with Gasteiger partial charge in [-0.25, -0.2) is 4.98 Å². The monoisotopic (exact) mass is 237 g/mol. The molecule has 0 unspecified atom stereocenters. The van der Waals surface area contributed by atoms with Gasteiger partial charge in [-0.15, -0.1) is 0 Å². The van der Waals surface area contributed by atoms with Crippen molar-refractivity contribution in [2.75, 3.05) is 50.5 Å². The number of hydrogen-bond donors (Lipinski definition) is 1. The van der Waals surface area contributed by atoms with Crippen LogP contribution in [0.3, 0.4) is 0 Å². The van der Waals surface area contributed by atoms with Crippen LogP contribution in [-0.4, -0.2) is 55.1 Å². The number of hydrogen-bond acceptors (Lipinski definition) is 5. The summed E-state index contributed by atoms with van der Waals surface area (Å²) < 4.78 is 0. The Morgan fingerprint density at radius 3 is 2.53 bits per heavy atom. The largest absolute Gasteiger partial charge is 0.357 e. The molecule has 0 amide bonds. The maximum atomic E-state index is 4.50. The van der Waals surface area contributed by atoms with Crippen LogP contribution in [-0.2, 0) is 0 Å². The molecule has 0 saturated carbocycles. The van der Waals surface area contributed by atoms with Crippen molar-refractivity contribution >= 4 is 11.8 Å². The SMILES string of the molecule is CCN(CC)c1ccnc(NCCN(C)C)n1. The lowest BCUT2D eigenvalue weighted by molar-refractivity contribution is 0.425. The number of nitrogens with one attached hydrogen (secondary N) is 1. The fourth-order valence-electron chi connectivity index (χ4n) is 1.55. The molecule has 5 nitrogen and oxygen atoms in total. The number of anilines is 2. The first-order valence-electron chi connectivity index (χ1n) is 6.14. The van der Waals surface area contributed by atoms with Crippen molar-refractivity contribution in [2.45, 2.75) is 13.8 Å². The normalized spacial score (nSPS) is 10.6. The highest BCUT2D eigenvalue weighted by Gasteiger charge is 2.04. The minimum atomic E-state index is 0.705. The van der Waals surface area contributed by atoms with Crippen LogP contribution in [0.5, 0.6) is 0 Å². The molecular formula is C12H23N5. The molecule has 0 fully saturated rings. The molecule has 0 aliphatic carbocycles. The Bertz CT molecular complexity index is 322. The standard InChI is InChI=1S/C12H23N5/c1-5-17(6-2)11-7-8-13-12(15-11)14-9-10-16(3)4/h7-8H,5-6,9-10H2,1-4H3,(H,13,14,15). The summed E-state index contributed by atoms with van der Waals surface area (Å²) in [6.45, 7) is 8.01. The molecule has 5 heteroatoms. The van der Waals surface area contributed by atoms with E-state index in [1.165, 1.54) is 0 Å². The highest BCUT2D eigenvalue weighted by molar-refractivity contribution is 5.42. The molecule has 0 bridgehead atoms. The Hall–Kier alpha value is -1.36. The van der Waals surface area contributed by atoms with Crippen LogP contribution in [0.2, 0.25) is 0 Å². The van der Waals surface area contributed by atoms with Crippen LogP contribution < -0.4 is 10.2 Å². The second-order valence-corrected chi connectivity index (χ2v) is 4.14. The van der Waals surface area contributed by atoms with Crippen LogP contribution in [0, 0.1) is 0 Å². The lowest BCUT2D eigenvalue weighted by Gasteiger charge is -2.20. The maximum Gasteiger partial charge on any atom is 0.224 e. The summed E-state index contributed by atoms with van der Waals surface area (Å²) in [5.74, 6) is 1.69. The average Bonchev–Trinajstić information content (AvgIpc) is 2.31. The van der Waals surface area contributed by atoms with Crippen molar-refractivity contribution in [2.24, 2.45) is 0 Å². The second kappa shape index (κ2) is 7.06. The molecule has 0 radical (unpaired) electrons. The summed E-state index contributed by atoms with van der Waals surface area (Å²) in [6.07, 6.45) is 1.80. The summed E-state index contributed by atoms with van der Waals surface area (Å²) in [7, 11) is 4.10. The fourth-order valence-corrected chi connectivity index (χ4v) is 1.55. The zero-order valence-electron chi connectivity index (χ0n) is 11.3. The third-order valence-corrected chi connectivity index (χ3v) is 2.57. The molecule has 0 aliphatic heterocycles. The molecule has 0 atom stereocenters. The zero-order chi connectivity index (χ0) is 12.7. The molecule has 1 rings (SSSR count). The van der Waals surface area contributed by atoms with Gasteiger partial charge in [-0.1, -0.05) is 0 Å². The third-order valence-electron chi connectivity index (χ3n) is 2.57. The van der Waals surface area contributed by atoms with E-state index in [1.54, 1.807) is 6.20 Å². The van der Waals surface area contributed by atoms with Gasteiger partial charge < -0.3 is 15.1 Å². The Kier molecular flexibility index (Phi) is 5.69. The number of nitrogens with zero attached hydrogens (tertiary/aromatic N) is 4. The Morgan fingerprint density at radius 1 is 1.24 bits per heavy atom. The van der Waals surface area contributed by atoms with Crippen LogP contribution >= 0.6 is 0 Å². The third kappa shape index (κ3) is 4.56. The van der Waals surface area contributed by atoms with E-state index < -0.39 is 0 Å². The van der Waals surface area contributed by atoms with Gasteiger partial charge in [0.1, 0.15) is 5.82 Å². The first kappa shape index (κ1) is 13.7. The van der Waals surface area contributed by atoms with Crippen molar-refractivity contribution in [1.29, 1.82) is 0 Å². The van der Waals surface area contributed by atoms with Crippen LogP contribution in [0.4, 0.5) is 11.8 Å². The molecule has 17 heavy (non-hydrogen) atoms. The molecule has 1 aromatic heterocycles. The van der Waals surface area contributed by atoms with Crippen molar-refractivity contribution in [3.63, 3.8) is 0 Å². The fraction of sp³-hybridized carbons (Fsp3) is 0.667. The van der Waals surface area contributed by atoms with Crippen molar-refractivity contribution < 1.29 is 0 Å². The topological polar surface area (TPSA) is 44.3 Å². The average molecular weight is 237 g/mol. The molecule has 0 spiro atoms. The van der Waals surface area contributed by atoms with Gasteiger partial charge in [0.2, 0.25) is 5.95 Å². The predicted molar refractivity (Wildman–Crippen MR) is 72.6 cm³/mol. The van der Waals surface area contributed by atoms with Crippen molar-refractivity contribution in [3.8, 4) is 0 Å². The van der Waals surface area contributed by atoms with E-state index in [9.17, 15) is 0 Å². The van der Waals surface area contributed by atoms with Gasteiger partial charge in [-0.2, -0.15) is 4.98 Å². The second-order valence-electron chi connectivity index (χ2n) is 4.14. The van der Waals surface area contributed by atoms with Crippen molar-refractivity contribution in [1.82, 2.24) is 14.9 Å². The minimum absolute atomic E-state index is 0.705. The Labute approximate surface area is 104 Å². The summed E-state index contributed by atoms with van der Waals surface area (Å²) in [6, 6.07) is 1.95. The first-order valence-corrected chi connectivity index (χ1v) is 6.14. The first-order chi connectivity index (χ1) is 8.17. The number of rotatable bonds is 7. The van der Waals surface area contributed by atoms with E-state index in [4.69, 9.17) is 0 Å². The van der Waals surface area contributed by atoms with Crippen molar-refractivity contribution in [3.05, 3.63) is 12.3 Å². The van der Waals surface area contributed by atoms with E-state index >= 15 is 0 Å². The lowest BCUT2D eigenvalue weighted by Crippen LogP contribution is -2.24. The van der Waals surface area contributed by atoms with E-state index in [1.807, 2.05) is 6.07 Å². The Morgan fingerprint density at radius 2 is 1.94 bits per heavy atom. The van der Waals surface area contributed by atoms with Gasteiger partial charge in [-0.05, 0) is 34.0 Å². The molecule has 1 N–H and O–H groups in total. The molecule has 0 aliphatic rings. The molecule has 0 aromatic carbocycles. The summed E-state index contributed by atoms with van der Waals surface area (Å²) in [5, 5.41) is 3.23. The molecule has 1 heterocycles. The summed E-state index contributed by atoms with van der Waals surface area (Å²) in [5.41, 5.74) is 0. The van der Waals surface area contributed by atoms with Gasteiger partial charge in [0, 0.05) is 32.4 Å². The smallest absolute Gasteiger partial charge is 0.224 e. The van der Waals surface area contributed by atoms with Gasteiger partial charge >= 0.3 is 0 Å². The predicted octanol–water partition coefficient (Wildman–Crippen LogP) is 1.30. The summed E-state index contributed by atoms with van der Waals surface area (Å²) >= 11 is 0. The van der Waals surface area contributed by atoms with Crippen LogP contribution in [0.1, 0.15) is 13.8 Å². The molecule has 1 aromatic rings. The quantitative estimate of drug-likeness (QED) is 0.774. The number of likely N-dealkylation sites (N-methyl/N-ethyl adjacent to an activating group) is 1. The minimum Gasteiger partial charge on any atom is -0.357 e. The highest BCUT2D eigenvalue weighted by Crippen LogP contribution is 2.11. The van der Waals surface area contributed by atoms with Gasteiger partial charge in [-0.3, -0.25) is 0 Å². The van der Waals surface area contributed by atoms with E-state index in [0.717, 1.165) is 32.0 Å². The highest BCUT2D eigenvalue weighted by atomic mass is 15.2. The van der Waals surface area contributed by atoms with E-state index in [2.05, 4.69) is 53.0 Å². The lowest BCUT2D eigenvalue weighted by atomic mass is 10.4. The van der Waals surface area contributed by atoms with Gasteiger partial charge in [0.25, 0.3) is 0 Å². The summed E-state index contributed by atoms with van der Waals surface area (Å²) in [4.78, 5) is 13.0. The maximum absolute atomic E-state index is 4.50. The zero-order valence-corrected chi connectivity index (χ0v) is 11.3. The molecular weight excluding hydrogens is 214 g/mol. The number of aromatic nitrogens is 2. The van der Waals surface area contributed by atoms with Gasteiger partial charge in [0.15, 0.2) is 0 Å². The molecule has 0 saturated heterocycles.